The molecule has 0 radical (unpaired) electrons. The van der Waals surface area contributed by atoms with Crippen LogP contribution in [0.2, 0.25) is 0 Å². The van der Waals surface area contributed by atoms with Crippen LogP contribution in [0.3, 0.4) is 0 Å². The Labute approximate surface area is 182 Å². The molecule has 30 heavy (non-hydrogen) atoms. The Balaban J connectivity index is 1.56. The third-order valence-corrected chi connectivity index (χ3v) is 9.85. The van der Waals surface area contributed by atoms with E-state index in [4.69, 9.17) is 21.1 Å². The average molecular weight is 435 g/mol. The summed E-state index contributed by atoms with van der Waals surface area (Å²) in [5.74, 6) is 0.124. The summed E-state index contributed by atoms with van der Waals surface area (Å²) in [4.78, 5) is 37.6. The number of carbonyl (C=O) groups excluding carboxylic acids is 3. The monoisotopic (exact) mass is 434 g/mol. The zero-order valence-corrected chi connectivity index (χ0v) is 18.8. The van der Waals surface area contributed by atoms with Crippen LogP contribution in [-0.4, -0.2) is 40.7 Å². The smallest absolute Gasteiger partial charge is 0.306 e. The standard InChI is InChI=1S/C24H31ClO5/c1-4-20(28)30-23(18(27)13-25)10-8-16-17-6-5-14-11-15(26)7-9-21(14,2)24(17)19(29-24)12-22(16,23)3/h11,16-17,19H,4-10,12-13H2,1-3H3/t16-,17-,19?,21-,22-,23-,24-/m0/s1. The molecule has 4 aliphatic carbocycles. The Kier molecular flexibility index (Phi) is 4.42. The summed E-state index contributed by atoms with van der Waals surface area (Å²) in [6.45, 7) is 6.16. The first-order valence-electron chi connectivity index (χ1n) is 11.4. The van der Waals surface area contributed by atoms with E-state index in [1.807, 2.05) is 6.08 Å². The van der Waals surface area contributed by atoms with E-state index in [0.717, 1.165) is 25.7 Å². The average Bonchev–Trinajstić information content (AvgIpc) is 3.37. The maximum atomic E-state index is 13.2. The Morgan fingerprint density at radius 3 is 2.67 bits per heavy atom. The Morgan fingerprint density at radius 1 is 1.20 bits per heavy atom. The predicted molar refractivity (Wildman–Crippen MR) is 111 cm³/mol. The molecule has 164 valence electrons. The highest BCUT2D eigenvalue weighted by Gasteiger charge is 2.82. The first kappa shape index (κ1) is 20.7. The number of hydrogen-bond acceptors (Lipinski definition) is 5. The molecule has 0 aromatic carbocycles. The lowest BCUT2D eigenvalue weighted by Crippen LogP contribution is -2.62. The molecule has 0 aromatic heterocycles. The largest absolute Gasteiger partial charge is 0.450 e. The number of alkyl halides is 1. The summed E-state index contributed by atoms with van der Waals surface area (Å²) >= 11 is 6.04. The third kappa shape index (κ3) is 2.26. The highest BCUT2D eigenvalue weighted by molar-refractivity contribution is 6.29. The molecule has 1 spiro atoms. The molecule has 0 amide bonds. The van der Waals surface area contributed by atoms with Crippen LogP contribution in [0, 0.1) is 22.7 Å². The normalized spacial score (nSPS) is 48.6. The van der Waals surface area contributed by atoms with Crippen molar-refractivity contribution in [2.45, 2.75) is 89.4 Å². The fraction of sp³-hybridized carbons (Fsp3) is 0.792. The number of ketones is 2. The van der Waals surface area contributed by atoms with Crippen molar-refractivity contribution in [3.63, 3.8) is 0 Å². The van der Waals surface area contributed by atoms with Crippen molar-refractivity contribution in [1.82, 2.24) is 0 Å². The molecule has 3 saturated carbocycles. The molecule has 5 aliphatic rings. The molecule has 0 bridgehead atoms. The van der Waals surface area contributed by atoms with Crippen molar-refractivity contribution in [1.29, 1.82) is 0 Å². The second-order valence-electron chi connectivity index (χ2n) is 10.5. The van der Waals surface area contributed by atoms with Crippen LogP contribution in [0.4, 0.5) is 0 Å². The van der Waals surface area contributed by atoms with Gasteiger partial charge in [-0.25, -0.2) is 0 Å². The van der Waals surface area contributed by atoms with Crippen LogP contribution in [-0.2, 0) is 23.9 Å². The molecule has 7 atom stereocenters. The molecule has 5 nitrogen and oxygen atoms in total. The molecular weight excluding hydrogens is 404 g/mol. The molecule has 1 saturated heterocycles. The second kappa shape index (κ2) is 6.41. The number of rotatable bonds is 4. The summed E-state index contributed by atoms with van der Waals surface area (Å²) in [5, 5.41) is 0. The van der Waals surface area contributed by atoms with Crippen molar-refractivity contribution in [2.75, 3.05) is 5.88 Å². The summed E-state index contributed by atoms with van der Waals surface area (Å²) in [6, 6.07) is 0. The lowest BCUT2D eigenvalue weighted by Gasteiger charge is -2.57. The lowest BCUT2D eigenvalue weighted by atomic mass is 9.46. The molecule has 5 rings (SSSR count). The van der Waals surface area contributed by atoms with Gasteiger partial charge in [0.25, 0.3) is 0 Å². The van der Waals surface area contributed by atoms with Crippen molar-refractivity contribution in [2.24, 2.45) is 22.7 Å². The number of ether oxygens (including phenoxy) is 2. The Bertz CT molecular complexity index is 866. The fourth-order valence-corrected chi connectivity index (χ4v) is 8.28. The summed E-state index contributed by atoms with van der Waals surface area (Å²) in [5.41, 5.74) is -0.723. The van der Waals surface area contributed by atoms with Gasteiger partial charge in [-0.2, -0.15) is 0 Å². The predicted octanol–water partition coefficient (Wildman–Crippen LogP) is 4.15. The van der Waals surface area contributed by atoms with Gasteiger partial charge in [0, 0.05) is 23.7 Å². The lowest BCUT2D eigenvalue weighted by molar-refractivity contribution is -0.185. The molecule has 6 heteroatoms. The number of fused-ring (bicyclic) bond motifs is 3. The number of carbonyl (C=O) groups is 3. The van der Waals surface area contributed by atoms with Crippen molar-refractivity contribution < 1.29 is 23.9 Å². The SMILES string of the molecule is CCC(=O)O[C@]1(C(=O)CCl)CC[C@H]2[C@@H]3CCC4=CC(=O)CC[C@]4(C)[C@]34OC4C[C@@]21C. The van der Waals surface area contributed by atoms with E-state index in [0.29, 0.717) is 25.2 Å². The van der Waals surface area contributed by atoms with Crippen LogP contribution in [0.15, 0.2) is 11.6 Å². The number of halogens is 1. The minimum Gasteiger partial charge on any atom is -0.450 e. The van der Waals surface area contributed by atoms with Gasteiger partial charge >= 0.3 is 5.97 Å². The molecule has 1 unspecified atom stereocenters. The molecule has 0 aromatic rings. The highest BCUT2D eigenvalue weighted by atomic mass is 35.5. The zero-order valence-electron chi connectivity index (χ0n) is 18.1. The molecule has 1 aliphatic heterocycles. The minimum absolute atomic E-state index is 0.0339. The molecule has 4 fully saturated rings. The summed E-state index contributed by atoms with van der Waals surface area (Å²) in [6.07, 6.45) is 7.51. The maximum absolute atomic E-state index is 13.2. The second-order valence-corrected chi connectivity index (χ2v) is 10.8. The van der Waals surface area contributed by atoms with E-state index < -0.39 is 11.0 Å². The van der Waals surface area contributed by atoms with E-state index in [9.17, 15) is 14.4 Å². The Hall–Kier alpha value is -1.20. The highest BCUT2D eigenvalue weighted by Crippen LogP contribution is 2.76. The van der Waals surface area contributed by atoms with Crippen molar-refractivity contribution in [3.8, 4) is 0 Å². The number of epoxide rings is 1. The first-order chi connectivity index (χ1) is 14.2. The van der Waals surface area contributed by atoms with Crippen molar-refractivity contribution >= 4 is 29.1 Å². The number of hydrogen-bond donors (Lipinski definition) is 0. The van der Waals surface area contributed by atoms with Gasteiger partial charge in [0.1, 0.15) is 5.60 Å². The van der Waals surface area contributed by atoms with Crippen LogP contribution in [0.25, 0.3) is 0 Å². The van der Waals surface area contributed by atoms with Gasteiger partial charge in [0.15, 0.2) is 17.2 Å². The van der Waals surface area contributed by atoms with Gasteiger partial charge in [0.2, 0.25) is 0 Å². The topological polar surface area (TPSA) is 73.0 Å². The maximum Gasteiger partial charge on any atom is 0.306 e. The van der Waals surface area contributed by atoms with Crippen LogP contribution >= 0.6 is 11.6 Å². The summed E-state index contributed by atoms with van der Waals surface area (Å²) < 4.78 is 12.6. The van der Waals surface area contributed by atoms with Gasteiger partial charge in [-0.15, -0.1) is 11.6 Å². The number of esters is 1. The van der Waals surface area contributed by atoms with E-state index in [1.54, 1.807) is 6.92 Å². The van der Waals surface area contributed by atoms with E-state index in [-0.39, 0.29) is 52.9 Å². The Morgan fingerprint density at radius 2 is 1.97 bits per heavy atom. The summed E-state index contributed by atoms with van der Waals surface area (Å²) in [7, 11) is 0. The molecular formula is C24H31ClO5. The van der Waals surface area contributed by atoms with E-state index >= 15 is 0 Å². The fourth-order valence-electron chi connectivity index (χ4n) is 8.06. The van der Waals surface area contributed by atoms with E-state index in [1.165, 1.54) is 5.57 Å². The van der Waals surface area contributed by atoms with Gasteiger partial charge in [0.05, 0.1) is 12.0 Å². The van der Waals surface area contributed by atoms with Crippen molar-refractivity contribution in [3.05, 3.63) is 11.6 Å². The van der Waals surface area contributed by atoms with Gasteiger partial charge in [-0.05, 0) is 56.4 Å². The van der Waals surface area contributed by atoms with Crippen LogP contribution in [0.1, 0.15) is 72.1 Å². The quantitative estimate of drug-likeness (QED) is 0.377. The van der Waals surface area contributed by atoms with Crippen LogP contribution < -0.4 is 0 Å². The zero-order chi connectivity index (χ0) is 21.5. The van der Waals surface area contributed by atoms with Gasteiger partial charge in [-0.3, -0.25) is 14.4 Å². The molecule has 1 heterocycles. The van der Waals surface area contributed by atoms with Gasteiger partial charge < -0.3 is 9.47 Å². The van der Waals surface area contributed by atoms with Gasteiger partial charge in [-0.1, -0.05) is 26.3 Å². The first-order valence-corrected chi connectivity index (χ1v) is 11.9. The minimum atomic E-state index is -1.15. The molecule has 0 N–H and O–H groups in total. The van der Waals surface area contributed by atoms with Crippen LogP contribution in [0.5, 0.6) is 0 Å². The number of Topliss-reactive ketones (excluding diaryl/α,β-unsaturated/α-hetero) is 1. The third-order valence-electron chi connectivity index (χ3n) is 9.60. The van der Waals surface area contributed by atoms with E-state index in [2.05, 4.69) is 13.8 Å².